The van der Waals surface area contributed by atoms with E-state index in [0.29, 0.717) is 22.2 Å². The van der Waals surface area contributed by atoms with E-state index in [-0.39, 0.29) is 29.0 Å². The highest BCUT2D eigenvalue weighted by molar-refractivity contribution is 6.42. The van der Waals surface area contributed by atoms with Gasteiger partial charge in [-0.25, -0.2) is 14.6 Å². The van der Waals surface area contributed by atoms with Crippen LogP contribution in [0.25, 0.3) is 21.5 Å². The number of hydrogen-bond donors (Lipinski definition) is 0. The van der Waals surface area contributed by atoms with E-state index < -0.39 is 30.4 Å². The summed E-state index contributed by atoms with van der Waals surface area (Å²) in [6, 6.07) is 17.1. The number of carbonyl (C=O) groups excluding carboxylic acids is 2. The van der Waals surface area contributed by atoms with Crippen molar-refractivity contribution >= 4 is 52.1 Å². The van der Waals surface area contributed by atoms with E-state index in [1.54, 1.807) is 41.0 Å². The van der Waals surface area contributed by atoms with E-state index in [1.165, 1.54) is 0 Å². The summed E-state index contributed by atoms with van der Waals surface area (Å²) in [5.41, 5.74) is 12.8. The van der Waals surface area contributed by atoms with Gasteiger partial charge >= 0.3 is 11.9 Å². The molecule has 0 radical (unpaired) electrons. The number of aromatic nitrogens is 2. The van der Waals surface area contributed by atoms with Gasteiger partial charge in [-0.1, -0.05) is 58.6 Å². The highest BCUT2D eigenvalue weighted by Gasteiger charge is 2.41. The molecule has 1 aliphatic heterocycles. The van der Waals surface area contributed by atoms with Crippen LogP contribution in [0.2, 0.25) is 10.0 Å². The lowest BCUT2D eigenvalue weighted by atomic mass is 10.1. The fourth-order valence-corrected chi connectivity index (χ4v) is 4.75. The fraction of sp³-hybridized carbons (Fsp3) is 0.250. The number of esters is 2. The normalized spacial score (nSPS) is 18.4. The van der Waals surface area contributed by atoms with Crippen molar-refractivity contribution < 1.29 is 23.8 Å². The first-order valence-corrected chi connectivity index (χ1v) is 13.1. The Bertz CT molecular complexity index is 1630. The number of aryl methyl sites for hydroxylation is 2. The van der Waals surface area contributed by atoms with E-state index in [1.807, 2.05) is 38.1 Å². The summed E-state index contributed by atoms with van der Waals surface area (Å²) in [5, 5.41) is 4.26. The van der Waals surface area contributed by atoms with Crippen LogP contribution in [0.3, 0.4) is 0 Å². The fourth-order valence-electron chi connectivity index (χ4n) is 4.43. The molecule has 204 valence electrons. The zero-order chi connectivity index (χ0) is 28.4. The molecule has 1 aromatic heterocycles. The van der Waals surface area contributed by atoms with Crippen molar-refractivity contribution in [3.8, 4) is 0 Å². The third-order valence-electron chi connectivity index (χ3n) is 6.53. The first-order chi connectivity index (χ1) is 19.2. The molecule has 40 heavy (non-hydrogen) atoms. The van der Waals surface area contributed by atoms with Gasteiger partial charge in [0, 0.05) is 11.3 Å². The molecule has 1 saturated heterocycles. The van der Waals surface area contributed by atoms with E-state index in [4.69, 9.17) is 42.9 Å². The molecule has 0 N–H and O–H groups in total. The lowest BCUT2D eigenvalue weighted by Gasteiger charge is -2.19. The van der Waals surface area contributed by atoms with Gasteiger partial charge in [0.2, 0.25) is 0 Å². The summed E-state index contributed by atoms with van der Waals surface area (Å²) in [6.07, 6.45) is -2.26. The van der Waals surface area contributed by atoms with Gasteiger partial charge in [-0.15, -0.1) is 0 Å². The Morgan fingerprint density at radius 3 is 2.25 bits per heavy atom. The Hall–Kier alpha value is -4.08. The number of azide groups is 1. The molecule has 0 bridgehead atoms. The zero-order valence-corrected chi connectivity index (χ0v) is 23.0. The Labute approximate surface area is 239 Å². The van der Waals surface area contributed by atoms with Crippen LogP contribution in [0.4, 0.5) is 5.95 Å². The first-order valence-electron chi connectivity index (χ1n) is 12.3. The standard InChI is InChI=1S/C28H23Cl2N5O5/c1-15-3-7-17(8-4-15)26(36)38-14-24-23(40-27(37)18-9-5-16(2)6-10-18)13-25(39-24)35-22-12-20(30)19(29)11-21(22)32-28(35)33-34-31/h3-12,23-25H,13-14H2,1-2H3/t23-,24+,25-/m0/s1. The average Bonchev–Trinajstić information content (AvgIpc) is 3.48. The van der Waals surface area contributed by atoms with Crippen molar-refractivity contribution in [3.63, 3.8) is 0 Å². The molecule has 1 fully saturated rings. The van der Waals surface area contributed by atoms with Crippen LogP contribution in [-0.4, -0.2) is 40.3 Å². The summed E-state index contributed by atoms with van der Waals surface area (Å²) in [4.78, 5) is 32.9. The third kappa shape index (κ3) is 5.76. The van der Waals surface area contributed by atoms with Crippen molar-refractivity contribution in [2.24, 2.45) is 5.11 Å². The van der Waals surface area contributed by atoms with Crippen LogP contribution in [0.1, 0.15) is 44.5 Å². The summed E-state index contributed by atoms with van der Waals surface area (Å²) >= 11 is 12.4. The second-order valence-corrected chi connectivity index (χ2v) is 10.2. The maximum Gasteiger partial charge on any atom is 0.338 e. The highest BCUT2D eigenvalue weighted by atomic mass is 35.5. The first kappa shape index (κ1) is 27.5. The number of rotatable bonds is 7. The van der Waals surface area contributed by atoms with Gasteiger partial charge in [-0.3, -0.25) is 4.57 Å². The second kappa shape index (κ2) is 11.6. The van der Waals surface area contributed by atoms with Gasteiger partial charge in [0.25, 0.3) is 0 Å². The number of ether oxygens (including phenoxy) is 3. The van der Waals surface area contributed by atoms with Gasteiger partial charge < -0.3 is 14.2 Å². The van der Waals surface area contributed by atoms with Crippen molar-refractivity contribution in [1.29, 1.82) is 0 Å². The largest absolute Gasteiger partial charge is 0.459 e. The number of fused-ring (bicyclic) bond motifs is 1. The molecular formula is C28H23Cl2N5O5. The van der Waals surface area contributed by atoms with Crippen molar-refractivity contribution in [3.05, 3.63) is 103 Å². The van der Waals surface area contributed by atoms with Gasteiger partial charge in [-0.2, -0.15) is 0 Å². The Morgan fingerprint density at radius 2 is 1.62 bits per heavy atom. The number of hydrogen-bond acceptors (Lipinski definition) is 7. The third-order valence-corrected chi connectivity index (χ3v) is 7.25. The Kier molecular flexibility index (Phi) is 7.95. The molecule has 3 atom stereocenters. The molecule has 2 heterocycles. The maximum absolute atomic E-state index is 13.0. The molecule has 12 heteroatoms. The lowest BCUT2D eigenvalue weighted by molar-refractivity contribution is -0.0558. The summed E-state index contributed by atoms with van der Waals surface area (Å²) in [5.74, 6) is -1.08. The molecular weight excluding hydrogens is 557 g/mol. The average molecular weight is 580 g/mol. The molecule has 0 amide bonds. The number of benzene rings is 3. The van der Waals surface area contributed by atoms with Crippen molar-refractivity contribution in [1.82, 2.24) is 9.55 Å². The quantitative estimate of drug-likeness (QED) is 0.0979. The molecule has 5 rings (SSSR count). The maximum atomic E-state index is 13.0. The van der Waals surface area contributed by atoms with Crippen LogP contribution >= 0.6 is 23.2 Å². The predicted molar refractivity (Wildman–Crippen MR) is 149 cm³/mol. The van der Waals surface area contributed by atoms with Crippen LogP contribution in [0.5, 0.6) is 0 Å². The lowest BCUT2D eigenvalue weighted by Crippen LogP contribution is -2.32. The van der Waals surface area contributed by atoms with Crippen molar-refractivity contribution in [2.45, 2.75) is 38.7 Å². The number of halogens is 2. The van der Waals surface area contributed by atoms with Crippen molar-refractivity contribution in [2.75, 3.05) is 6.61 Å². The van der Waals surface area contributed by atoms with E-state index in [0.717, 1.165) is 11.1 Å². The molecule has 0 aliphatic carbocycles. The SMILES string of the molecule is Cc1ccc(C(=O)OC[C@H]2O[C@H](n3c(N=[N+]=[N-])nc4cc(Cl)c(Cl)cc43)C[C@@H]2OC(=O)c2ccc(C)cc2)cc1. The number of imidazole rings is 1. The van der Waals surface area contributed by atoms with Gasteiger partial charge in [0.05, 0.1) is 32.2 Å². The molecule has 0 saturated carbocycles. The van der Waals surface area contributed by atoms with Crippen LogP contribution in [-0.2, 0) is 14.2 Å². The molecule has 1 aliphatic rings. The Morgan fingerprint density at radius 1 is 1.02 bits per heavy atom. The van der Waals surface area contributed by atoms with Gasteiger partial charge in [-0.05, 0) is 60.9 Å². The minimum Gasteiger partial charge on any atom is -0.459 e. The summed E-state index contributed by atoms with van der Waals surface area (Å²) in [6.45, 7) is 3.64. The Balaban J connectivity index is 1.44. The smallest absolute Gasteiger partial charge is 0.338 e. The number of nitrogens with zero attached hydrogens (tertiary/aromatic N) is 5. The minimum absolute atomic E-state index is 0.0155. The molecule has 10 nitrogen and oxygen atoms in total. The van der Waals surface area contributed by atoms with Gasteiger partial charge in [0.1, 0.15) is 25.0 Å². The zero-order valence-electron chi connectivity index (χ0n) is 21.5. The van der Waals surface area contributed by atoms with Crippen LogP contribution in [0, 0.1) is 13.8 Å². The van der Waals surface area contributed by atoms with E-state index >= 15 is 0 Å². The molecule has 0 spiro atoms. The van der Waals surface area contributed by atoms with Crippen LogP contribution < -0.4 is 0 Å². The van der Waals surface area contributed by atoms with Gasteiger partial charge in [0.15, 0.2) is 5.95 Å². The minimum atomic E-state index is -0.826. The number of carbonyl (C=O) groups is 2. The topological polar surface area (TPSA) is 128 Å². The summed E-state index contributed by atoms with van der Waals surface area (Å²) < 4.78 is 19.2. The predicted octanol–water partition coefficient (Wildman–Crippen LogP) is 7.27. The molecule has 3 aromatic carbocycles. The monoisotopic (exact) mass is 579 g/mol. The second-order valence-electron chi connectivity index (χ2n) is 9.37. The van der Waals surface area contributed by atoms with E-state index in [9.17, 15) is 9.59 Å². The van der Waals surface area contributed by atoms with Crippen LogP contribution in [0.15, 0.2) is 65.8 Å². The highest BCUT2D eigenvalue weighted by Crippen LogP contribution is 2.39. The van der Waals surface area contributed by atoms with E-state index in [2.05, 4.69) is 15.0 Å². The molecule has 4 aromatic rings. The molecule has 0 unspecified atom stereocenters. The summed E-state index contributed by atoms with van der Waals surface area (Å²) in [7, 11) is 0.